The molecule has 0 unspecified atom stereocenters. The molecule has 0 bridgehead atoms. The van der Waals surface area contributed by atoms with Crippen LogP contribution in [0.25, 0.3) is 43.8 Å². The second-order valence-corrected chi connectivity index (χ2v) is 10.4. The standard InChI is InChI=1S/C19H19.C18H17.2CH3.2ClH.Si.Zr/c1-3-7-15-12-18-14(2)10-11-17(19(18)13-15)16-8-5-4-6-9-16;1-13(2)16-11-15-9-6-10-17(18(15)12-16)14-7-4-3-5-8-14;;;;;;/h4-6,8-13H,3,7H2,1-2H3;3-13H,1-2H3;2*1H3;2*1H;;/q4*-1;;;;. The summed E-state index contributed by atoms with van der Waals surface area (Å²) in [6, 6.07) is 41.7. The quantitative estimate of drug-likeness (QED) is 0.124. The van der Waals surface area contributed by atoms with Gasteiger partial charge in [0, 0.05) is 0 Å². The van der Waals surface area contributed by atoms with Crippen LogP contribution in [0.1, 0.15) is 49.8 Å². The molecule has 226 valence electrons. The van der Waals surface area contributed by atoms with Crippen molar-refractivity contribution in [1.29, 1.82) is 0 Å². The van der Waals surface area contributed by atoms with Gasteiger partial charge in [-0.2, -0.15) is 12.1 Å². The van der Waals surface area contributed by atoms with E-state index in [4.69, 9.17) is 0 Å². The Kier molecular flexibility index (Phi) is 18.9. The van der Waals surface area contributed by atoms with Gasteiger partial charge >= 0.3 is 30.2 Å². The average Bonchev–Trinajstić information content (AvgIpc) is 3.61. The number of rotatable bonds is 5. The summed E-state index contributed by atoms with van der Waals surface area (Å²) in [6.07, 6.45) is 2.37. The zero-order valence-electron chi connectivity index (χ0n) is 26.3. The molecule has 0 atom stereocenters. The molecule has 0 aliphatic carbocycles. The molecule has 43 heavy (non-hydrogen) atoms. The topological polar surface area (TPSA) is 0 Å². The number of fused-ring (bicyclic) bond motifs is 2. The average molecular weight is 703 g/mol. The van der Waals surface area contributed by atoms with Crippen LogP contribution in [-0.2, 0) is 29.8 Å². The summed E-state index contributed by atoms with van der Waals surface area (Å²) >= 11 is 1.36. The second-order valence-electron chi connectivity index (χ2n) is 10.4. The Morgan fingerprint density at radius 1 is 0.674 bits per heavy atom. The molecule has 6 rings (SSSR count). The van der Waals surface area contributed by atoms with Gasteiger partial charge < -0.3 is 14.9 Å². The van der Waals surface area contributed by atoms with Gasteiger partial charge in [-0.05, 0) is 23.5 Å². The molecule has 4 heteroatoms. The SMILES string of the molecule is CC(C)c1cc2c(-c3ccccc3)cccc2[cH-]1.CCCc1cc2c(-c3ccccc3)ccc(C)c2[cH-]1.Cl.Cl.[CH3-].[CH3-].[Si]=[Zr]. The number of benzene rings is 4. The Morgan fingerprint density at radius 2 is 1.23 bits per heavy atom. The van der Waals surface area contributed by atoms with Crippen LogP contribution in [0.15, 0.2) is 115 Å². The van der Waals surface area contributed by atoms with E-state index in [1.807, 2.05) is 0 Å². The van der Waals surface area contributed by atoms with E-state index in [0.717, 1.165) is 0 Å². The van der Waals surface area contributed by atoms with E-state index < -0.39 is 0 Å². The fraction of sp³-hybridized carbons (Fsp3) is 0.179. The summed E-state index contributed by atoms with van der Waals surface area (Å²) in [5, 5.41) is 5.52. The molecule has 0 spiro atoms. The fourth-order valence-corrected chi connectivity index (χ4v) is 5.27. The van der Waals surface area contributed by atoms with E-state index in [1.54, 1.807) is 0 Å². The van der Waals surface area contributed by atoms with Crippen LogP contribution < -0.4 is 0 Å². The molecule has 0 aliphatic heterocycles. The summed E-state index contributed by atoms with van der Waals surface area (Å²) in [7, 11) is 0. The van der Waals surface area contributed by atoms with Gasteiger partial charge in [0.2, 0.25) is 0 Å². The van der Waals surface area contributed by atoms with Crippen molar-refractivity contribution < 1.29 is 23.3 Å². The van der Waals surface area contributed by atoms with Crippen molar-refractivity contribution in [1.82, 2.24) is 0 Å². The third-order valence-electron chi connectivity index (χ3n) is 7.31. The van der Waals surface area contributed by atoms with E-state index in [-0.39, 0.29) is 39.7 Å². The first-order chi connectivity index (χ1) is 19.0. The monoisotopic (exact) mass is 700 g/mol. The molecular formula is C39H44Cl2SiZr-4. The molecule has 0 aliphatic rings. The number of hydrogen-bond donors (Lipinski definition) is 0. The Morgan fingerprint density at radius 3 is 1.77 bits per heavy atom. The zero-order chi connectivity index (χ0) is 27.8. The van der Waals surface area contributed by atoms with Crippen LogP contribution in [0.3, 0.4) is 0 Å². The summed E-state index contributed by atoms with van der Waals surface area (Å²) in [5.74, 6) is 0.584. The van der Waals surface area contributed by atoms with Gasteiger partial charge in [0.15, 0.2) is 0 Å². The minimum absolute atomic E-state index is 0. The van der Waals surface area contributed by atoms with Crippen LogP contribution in [-0.4, -0.2) is 6.88 Å². The van der Waals surface area contributed by atoms with Crippen molar-refractivity contribution in [2.75, 3.05) is 0 Å². The summed E-state index contributed by atoms with van der Waals surface area (Å²) in [4.78, 5) is 0. The molecule has 6 aromatic carbocycles. The number of halogens is 2. The summed E-state index contributed by atoms with van der Waals surface area (Å²) in [5.41, 5.74) is 9.54. The van der Waals surface area contributed by atoms with Crippen LogP contribution in [0.4, 0.5) is 0 Å². The Hall–Kier alpha value is -2.22. The van der Waals surface area contributed by atoms with Crippen LogP contribution in [0.2, 0.25) is 0 Å². The molecule has 0 heterocycles. The van der Waals surface area contributed by atoms with Gasteiger partial charge in [-0.3, -0.25) is 0 Å². The molecule has 0 N–H and O–H groups in total. The van der Waals surface area contributed by atoms with Gasteiger partial charge in [-0.25, -0.2) is 0 Å². The minimum atomic E-state index is 0. The number of aryl methyl sites for hydroxylation is 2. The van der Waals surface area contributed by atoms with Crippen LogP contribution >= 0.6 is 24.8 Å². The molecular weight excluding hydrogens is 659 g/mol. The first kappa shape index (κ1) is 40.8. The fourth-order valence-electron chi connectivity index (χ4n) is 5.27. The zero-order valence-corrected chi connectivity index (χ0v) is 31.4. The first-order valence-electron chi connectivity index (χ1n) is 13.8. The van der Waals surface area contributed by atoms with E-state index in [0.29, 0.717) is 5.92 Å². The summed E-state index contributed by atoms with van der Waals surface area (Å²) < 4.78 is 0. The van der Waals surface area contributed by atoms with Crippen LogP contribution in [0.5, 0.6) is 0 Å². The van der Waals surface area contributed by atoms with Gasteiger partial charge in [0.1, 0.15) is 0 Å². The van der Waals surface area contributed by atoms with Gasteiger partial charge in [-0.15, -0.1) is 93.4 Å². The van der Waals surface area contributed by atoms with E-state index >= 15 is 0 Å². The normalized spacial score (nSPS) is 9.67. The van der Waals surface area contributed by atoms with Crippen molar-refractivity contribution >= 4 is 53.2 Å². The van der Waals surface area contributed by atoms with Crippen LogP contribution in [0, 0.1) is 21.8 Å². The van der Waals surface area contributed by atoms with E-state index in [1.165, 1.54) is 96.7 Å². The van der Waals surface area contributed by atoms with Gasteiger partial charge in [0.25, 0.3) is 0 Å². The van der Waals surface area contributed by atoms with Crippen molar-refractivity contribution in [2.45, 2.75) is 46.5 Å². The van der Waals surface area contributed by atoms with Gasteiger partial charge in [-0.1, -0.05) is 118 Å². The number of hydrogen-bond acceptors (Lipinski definition) is 0. The molecule has 2 radical (unpaired) electrons. The predicted octanol–water partition coefficient (Wildman–Crippen LogP) is 12.2. The summed E-state index contributed by atoms with van der Waals surface area (Å²) in [6.45, 7) is 12.0. The maximum absolute atomic E-state index is 3.06. The molecule has 0 saturated carbocycles. The Labute approximate surface area is 290 Å². The molecule has 0 amide bonds. The van der Waals surface area contributed by atoms with Gasteiger partial charge in [0.05, 0.1) is 0 Å². The molecule has 6 aromatic rings. The molecule has 0 aromatic heterocycles. The van der Waals surface area contributed by atoms with Crippen molar-refractivity contribution in [2.24, 2.45) is 0 Å². The third-order valence-corrected chi connectivity index (χ3v) is 7.31. The van der Waals surface area contributed by atoms with E-state index in [2.05, 4.69) is 150 Å². The Balaban J connectivity index is 0.000000714. The maximum atomic E-state index is 3.06. The van der Waals surface area contributed by atoms with Crippen molar-refractivity contribution in [3.8, 4) is 22.3 Å². The van der Waals surface area contributed by atoms with E-state index in [9.17, 15) is 0 Å². The first-order valence-corrected chi connectivity index (χ1v) is 18.0. The van der Waals surface area contributed by atoms with Crippen molar-refractivity contribution in [3.63, 3.8) is 0 Å². The molecule has 0 fully saturated rings. The molecule has 0 saturated heterocycles. The molecule has 0 nitrogen and oxygen atoms in total. The third kappa shape index (κ3) is 9.89. The predicted molar refractivity (Wildman–Crippen MR) is 196 cm³/mol. The van der Waals surface area contributed by atoms with Crippen molar-refractivity contribution in [3.05, 3.63) is 147 Å². The second kappa shape index (κ2) is 19.9. The Bertz CT molecular complexity index is 1630.